The van der Waals surface area contributed by atoms with Crippen LogP contribution in [0, 0.1) is 5.82 Å². The van der Waals surface area contributed by atoms with Gasteiger partial charge in [0.05, 0.1) is 12.8 Å². The monoisotopic (exact) mass is 448 g/mol. The molecule has 0 unspecified atom stereocenters. The molecule has 0 fully saturated rings. The minimum atomic E-state index is -0.388. The number of halogens is 1. The van der Waals surface area contributed by atoms with Gasteiger partial charge in [0.15, 0.2) is 11.5 Å². The number of ether oxygens (including phenoxy) is 3. The van der Waals surface area contributed by atoms with E-state index >= 15 is 0 Å². The Morgan fingerprint density at radius 3 is 2.67 bits per heavy atom. The molecule has 170 valence electrons. The van der Waals surface area contributed by atoms with E-state index in [4.69, 9.17) is 14.2 Å². The van der Waals surface area contributed by atoms with Gasteiger partial charge in [-0.25, -0.2) is 9.82 Å². The standard InChI is InChI=1S/C26H25FN2O4/c1-3-13-32-24-12-11-21(16-25(24)31-4-2)26(30)29-28-17-19-7-6-10-23(15-19)33-18-20-8-5-9-22(27)14-20/h3,5-12,14-17H,1,4,13,18H2,2H3,(H,29,30)/b28-17+. The number of carbonyl (C=O) groups is 1. The zero-order chi connectivity index (χ0) is 23.5. The number of hydrogen-bond acceptors (Lipinski definition) is 5. The van der Waals surface area contributed by atoms with Gasteiger partial charge in [-0.15, -0.1) is 0 Å². The van der Waals surface area contributed by atoms with Crippen LogP contribution in [0.25, 0.3) is 0 Å². The Labute approximate surface area is 192 Å². The fourth-order valence-corrected chi connectivity index (χ4v) is 2.89. The molecule has 0 aliphatic carbocycles. The van der Waals surface area contributed by atoms with E-state index in [0.29, 0.717) is 36.0 Å². The van der Waals surface area contributed by atoms with Crippen molar-refractivity contribution in [3.05, 3.63) is 102 Å². The Bertz CT molecular complexity index is 1130. The van der Waals surface area contributed by atoms with Crippen molar-refractivity contribution in [2.75, 3.05) is 13.2 Å². The fraction of sp³-hybridized carbons (Fsp3) is 0.154. The second-order valence-corrected chi connectivity index (χ2v) is 6.88. The second-order valence-electron chi connectivity index (χ2n) is 6.88. The molecule has 33 heavy (non-hydrogen) atoms. The topological polar surface area (TPSA) is 69.2 Å². The van der Waals surface area contributed by atoms with E-state index in [1.807, 2.05) is 13.0 Å². The van der Waals surface area contributed by atoms with Crippen molar-refractivity contribution in [2.45, 2.75) is 13.5 Å². The minimum absolute atomic E-state index is 0.240. The first-order valence-electron chi connectivity index (χ1n) is 10.4. The van der Waals surface area contributed by atoms with Crippen molar-refractivity contribution < 1.29 is 23.4 Å². The lowest BCUT2D eigenvalue weighted by molar-refractivity contribution is 0.0954. The van der Waals surface area contributed by atoms with Crippen molar-refractivity contribution in [3.63, 3.8) is 0 Å². The summed E-state index contributed by atoms with van der Waals surface area (Å²) in [5.74, 6) is 0.915. The lowest BCUT2D eigenvalue weighted by Crippen LogP contribution is -2.17. The molecule has 3 aromatic carbocycles. The summed E-state index contributed by atoms with van der Waals surface area (Å²) in [6.45, 7) is 6.48. The molecular formula is C26H25FN2O4. The van der Waals surface area contributed by atoms with Crippen LogP contribution in [0.15, 0.2) is 84.5 Å². The summed E-state index contributed by atoms with van der Waals surface area (Å²) in [4.78, 5) is 12.5. The number of rotatable bonds is 11. The van der Waals surface area contributed by atoms with Crippen LogP contribution in [0.4, 0.5) is 4.39 Å². The number of nitrogens with one attached hydrogen (secondary N) is 1. The Balaban J connectivity index is 1.60. The van der Waals surface area contributed by atoms with Gasteiger partial charge in [0.1, 0.15) is 24.8 Å². The van der Waals surface area contributed by atoms with E-state index in [1.165, 1.54) is 18.3 Å². The first kappa shape index (κ1) is 23.5. The summed E-state index contributed by atoms with van der Waals surface area (Å²) in [6, 6.07) is 18.3. The van der Waals surface area contributed by atoms with Gasteiger partial charge >= 0.3 is 0 Å². The quantitative estimate of drug-likeness (QED) is 0.251. The van der Waals surface area contributed by atoms with Crippen LogP contribution < -0.4 is 19.6 Å². The van der Waals surface area contributed by atoms with Gasteiger partial charge in [0.2, 0.25) is 0 Å². The largest absolute Gasteiger partial charge is 0.490 e. The van der Waals surface area contributed by atoms with Crippen molar-refractivity contribution in [1.29, 1.82) is 0 Å². The third kappa shape index (κ3) is 7.21. The van der Waals surface area contributed by atoms with Crippen molar-refractivity contribution in [3.8, 4) is 17.2 Å². The molecular weight excluding hydrogens is 423 g/mol. The third-order valence-corrected chi connectivity index (χ3v) is 4.39. The van der Waals surface area contributed by atoms with Gasteiger partial charge in [-0.1, -0.05) is 36.9 Å². The van der Waals surface area contributed by atoms with Gasteiger partial charge in [0, 0.05) is 5.56 Å². The molecule has 0 aliphatic heterocycles. The van der Waals surface area contributed by atoms with E-state index in [2.05, 4.69) is 17.1 Å². The normalized spacial score (nSPS) is 10.6. The molecule has 1 amide bonds. The Kier molecular flexibility index (Phi) is 8.59. The smallest absolute Gasteiger partial charge is 0.271 e. The molecule has 0 spiro atoms. The van der Waals surface area contributed by atoms with E-state index < -0.39 is 0 Å². The summed E-state index contributed by atoms with van der Waals surface area (Å²) in [5, 5.41) is 4.02. The highest BCUT2D eigenvalue weighted by atomic mass is 19.1. The van der Waals surface area contributed by atoms with Crippen molar-refractivity contribution in [2.24, 2.45) is 5.10 Å². The Hall–Kier alpha value is -4.13. The first-order valence-corrected chi connectivity index (χ1v) is 10.4. The van der Waals surface area contributed by atoms with Gasteiger partial charge in [-0.3, -0.25) is 4.79 Å². The highest BCUT2D eigenvalue weighted by Crippen LogP contribution is 2.28. The lowest BCUT2D eigenvalue weighted by Gasteiger charge is -2.12. The highest BCUT2D eigenvalue weighted by molar-refractivity contribution is 5.95. The molecule has 0 aromatic heterocycles. The maximum absolute atomic E-state index is 13.3. The molecule has 1 N–H and O–H groups in total. The van der Waals surface area contributed by atoms with Crippen LogP contribution in [0.1, 0.15) is 28.4 Å². The van der Waals surface area contributed by atoms with Gasteiger partial charge in [-0.2, -0.15) is 5.10 Å². The minimum Gasteiger partial charge on any atom is -0.490 e. The SMILES string of the molecule is C=CCOc1ccc(C(=O)N/N=C/c2cccc(OCc3cccc(F)c3)c2)cc1OCC. The molecule has 3 aromatic rings. The lowest BCUT2D eigenvalue weighted by atomic mass is 10.2. The molecule has 0 bridgehead atoms. The summed E-state index contributed by atoms with van der Waals surface area (Å²) in [7, 11) is 0. The van der Waals surface area contributed by atoms with E-state index in [-0.39, 0.29) is 18.3 Å². The highest BCUT2D eigenvalue weighted by Gasteiger charge is 2.11. The first-order chi connectivity index (χ1) is 16.1. The average Bonchev–Trinajstić information content (AvgIpc) is 2.82. The maximum Gasteiger partial charge on any atom is 0.271 e. The molecule has 3 rings (SSSR count). The predicted molar refractivity (Wildman–Crippen MR) is 126 cm³/mol. The fourth-order valence-electron chi connectivity index (χ4n) is 2.89. The number of amides is 1. The number of hydrogen-bond donors (Lipinski definition) is 1. The van der Waals surface area contributed by atoms with Crippen LogP contribution in [0.2, 0.25) is 0 Å². The summed E-state index contributed by atoms with van der Waals surface area (Å²) < 4.78 is 30.1. The van der Waals surface area contributed by atoms with Crippen molar-refractivity contribution >= 4 is 12.1 Å². The zero-order valence-electron chi connectivity index (χ0n) is 18.3. The molecule has 0 aliphatic rings. The van der Waals surface area contributed by atoms with E-state index in [0.717, 1.165) is 11.1 Å². The third-order valence-electron chi connectivity index (χ3n) is 4.39. The second kappa shape index (κ2) is 12.0. The van der Waals surface area contributed by atoms with Crippen LogP contribution in [-0.4, -0.2) is 25.3 Å². The number of carbonyl (C=O) groups excluding carboxylic acids is 1. The van der Waals surface area contributed by atoms with Gasteiger partial charge in [-0.05, 0) is 60.5 Å². The van der Waals surface area contributed by atoms with Crippen molar-refractivity contribution in [1.82, 2.24) is 5.43 Å². The summed E-state index contributed by atoms with van der Waals surface area (Å²) >= 11 is 0. The zero-order valence-corrected chi connectivity index (χ0v) is 18.3. The average molecular weight is 448 g/mol. The molecule has 6 nitrogen and oxygen atoms in total. The Morgan fingerprint density at radius 2 is 1.88 bits per heavy atom. The van der Waals surface area contributed by atoms with E-state index in [9.17, 15) is 9.18 Å². The summed E-state index contributed by atoms with van der Waals surface area (Å²) in [5.41, 5.74) is 4.34. The van der Waals surface area contributed by atoms with Crippen LogP contribution in [-0.2, 0) is 6.61 Å². The van der Waals surface area contributed by atoms with Crippen LogP contribution in [0.3, 0.4) is 0 Å². The van der Waals surface area contributed by atoms with Gasteiger partial charge in [0.25, 0.3) is 5.91 Å². The van der Waals surface area contributed by atoms with Crippen LogP contribution in [0.5, 0.6) is 17.2 Å². The summed E-state index contributed by atoms with van der Waals surface area (Å²) in [6.07, 6.45) is 3.14. The molecule has 0 saturated heterocycles. The van der Waals surface area contributed by atoms with E-state index in [1.54, 1.807) is 54.6 Å². The van der Waals surface area contributed by atoms with Gasteiger partial charge < -0.3 is 14.2 Å². The molecule has 0 heterocycles. The Morgan fingerprint density at radius 1 is 1.03 bits per heavy atom. The molecule has 0 atom stereocenters. The molecule has 0 radical (unpaired) electrons. The van der Waals surface area contributed by atoms with Crippen LogP contribution >= 0.6 is 0 Å². The number of nitrogens with zero attached hydrogens (tertiary/aromatic N) is 1. The number of hydrazone groups is 1. The maximum atomic E-state index is 13.3. The molecule has 7 heteroatoms. The predicted octanol–water partition coefficient (Wildman–Crippen LogP) is 5.13. The number of benzene rings is 3. The molecule has 0 saturated carbocycles.